The van der Waals surface area contributed by atoms with E-state index in [-0.39, 0.29) is 17.9 Å². The van der Waals surface area contributed by atoms with Crippen molar-refractivity contribution in [3.63, 3.8) is 0 Å². The van der Waals surface area contributed by atoms with Gasteiger partial charge in [-0.2, -0.15) is 0 Å². The summed E-state index contributed by atoms with van der Waals surface area (Å²) >= 11 is 0. The quantitative estimate of drug-likeness (QED) is 0.853. The molecule has 1 aliphatic heterocycles. The molecule has 1 saturated heterocycles. The maximum Gasteiger partial charge on any atom is 0.273 e. The molecular formula is C19H21N3O2. The molecule has 0 radical (unpaired) electrons. The molecule has 0 bridgehead atoms. The van der Waals surface area contributed by atoms with Crippen molar-refractivity contribution in [1.29, 1.82) is 0 Å². The minimum atomic E-state index is -0.155. The maximum atomic E-state index is 13.0. The van der Waals surface area contributed by atoms with Gasteiger partial charge in [-0.3, -0.25) is 14.6 Å². The van der Waals surface area contributed by atoms with Crippen molar-refractivity contribution in [2.24, 2.45) is 0 Å². The van der Waals surface area contributed by atoms with Gasteiger partial charge in [-0.15, -0.1) is 0 Å². The summed E-state index contributed by atoms with van der Waals surface area (Å²) in [4.78, 5) is 32.7. The Morgan fingerprint density at radius 2 is 1.83 bits per heavy atom. The van der Waals surface area contributed by atoms with Crippen molar-refractivity contribution in [2.45, 2.75) is 19.9 Å². The predicted octanol–water partition coefficient (Wildman–Crippen LogP) is 2.44. The molecule has 1 aliphatic rings. The number of hydrogen-bond donors (Lipinski definition) is 0. The number of hydrogen-bond acceptors (Lipinski definition) is 3. The van der Waals surface area contributed by atoms with E-state index in [2.05, 4.69) is 4.98 Å². The third kappa shape index (κ3) is 3.15. The van der Waals surface area contributed by atoms with Crippen LogP contribution in [0, 0.1) is 6.92 Å². The lowest BCUT2D eigenvalue weighted by Crippen LogP contribution is -2.52. The van der Waals surface area contributed by atoms with Crippen molar-refractivity contribution < 1.29 is 9.59 Å². The fraction of sp³-hybridized carbons (Fsp3) is 0.316. The van der Waals surface area contributed by atoms with Gasteiger partial charge < -0.3 is 9.80 Å². The zero-order valence-electron chi connectivity index (χ0n) is 14.0. The van der Waals surface area contributed by atoms with E-state index in [9.17, 15) is 9.59 Å². The van der Waals surface area contributed by atoms with Crippen molar-refractivity contribution in [3.05, 3.63) is 65.5 Å². The van der Waals surface area contributed by atoms with E-state index in [1.165, 1.54) is 0 Å². The highest BCUT2D eigenvalue weighted by Gasteiger charge is 2.33. The van der Waals surface area contributed by atoms with Crippen LogP contribution in [0.25, 0.3) is 0 Å². The molecule has 5 heteroatoms. The SMILES string of the molecule is CC(=O)N1CCN(C(=O)c2ncccc2C)[C@@H](c2ccccc2)C1. The van der Waals surface area contributed by atoms with Crippen LogP contribution in [0.2, 0.25) is 0 Å². The van der Waals surface area contributed by atoms with E-state index in [1.807, 2.05) is 54.3 Å². The Morgan fingerprint density at radius 1 is 1.08 bits per heavy atom. The molecule has 1 fully saturated rings. The van der Waals surface area contributed by atoms with Gasteiger partial charge >= 0.3 is 0 Å². The van der Waals surface area contributed by atoms with Gasteiger partial charge in [0.2, 0.25) is 5.91 Å². The third-order valence-electron chi connectivity index (χ3n) is 4.48. The van der Waals surface area contributed by atoms with Crippen LogP contribution in [0.5, 0.6) is 0 Å². The zero-order chi connectivity index (χ0) is 17.1. The summed E-state index contributed by atoms with van der Waals surface area (Å²) in [6.07, 6.45) is 1.64. The number of rotatable bonds is 2. The number of aromatic nitrogens is 1. The summed E-state index contributed by atoms with van der Waals surface area (Å²) in [5.41, 5.74) is 2.38. The number of nitrogens with zero attached hydrogens (tertiary/aromatic N) is 3. The topological polar surface area (TPSA) is 53.5 Å². The molecule has 0 aliphatic carbocycles. The molecule has 0 spiro atoms. The molecule has 2 aromatic rings. The molecule has 0 N–H and O–H groups in total. The van der Waals surface area contributed by atoms with E-state index < -0.39 is 0 Å². The number of amides is 2. The van der Waals surface area contributed by atoms with Crippen molar-refractivity contribution in [2.75, 3.05) is 19.6 Å². The van der Waals surface area contributed by atoms with E-state index in [1.54, 1.807) is 18.0 Å². The molecule has 24 heavy (non-hydrogen) atoms. The van der Waals surface area contributed by atoms with E-state index in [0.717, 1.165) is 11.1 Å². The van der Waals surface area contributed by atoms with E-state index in [4.69, 9.17) is 0 Å². The van der Waals surface area contributed by atoms with Gasteiger partial charge in [-0.1, -0.05) is 36.4 Å². The monoisotopic (exact) mass is 323 g/mol. The van der Waals surface area contributed by atoms with Crippen LogP contribution in [0.1, 0.15) is 34.6 Å². The Morgan fingerprint density at radius 3 is 2.50 bits per heavy atom. The predicted molar refractivity (Wildman–Crippen MR) is 91.4 cm³/mol. The average molecular weight is 323 g/mol. The van der Waals surface area contributed by atoms with Crippen LogP contribution in [0.15, 0.2) is 48.7 Å². The lowest BCUT2D eigenvalue weighted by atomic mass is 10.0. The summed E-state index contributed by atoms with van der Waals surface area (Å²) in [5.74, 6) is -0.0396. The van der Waals surface area contributed by atoms with E-state index >= 15 is 0 Å². The largest absolute Gasteiger partial charge is 0.339 e. The van der Waals surface area contributed by atoms with E-state index in [0.29, 0.717) is 25.3 Å². The average Bonchev–Trinajstić information content (AvgIpc) is 2.62. The number of benzene rings is 1. The van der Waals surface area contributed by atoms with Gasteiger partial charge in [0.05, 0.1) is 6.04 Å². The first-order valence-electron chi connectivity index (χ1n) is 8.11. The molecular weight excluding hydrogens is 302 g/mol. The molecule has 0 saturated carbocycles. The standard InChI is InChI=1S/C19H21N3O2/c1-14-7-6-10-20-18(14)19(24)22-12-11-21(15(2)23)13-17(22)16-8-4-3-5-9-16/h3-10,17H,11-13H2,1-2H3/t17-/m1/s1. The zero-order valence-corrected chi connectivity index (χ0v) is 14.0. The summed E-state index contributed by atoms with van der Waals surface area (Å²) < 4.78 is 0. The number of pyridine rings is 1. The molecule has 0 unspecified atom stereocenters. The summed E-state index contributed by atoms with van der Waals surface area (Å²) in [7, 11) is 0. The molecule has 2 heterocycles. The first-order valence-corrected chi connectivity index (χ1v) is 8.11. The Kier molecular flexibility index (Phi) is 4.60. The third-order valence-corrected chi connectivity index (χ3v) is 4.48. The molecule has 3 rings (SSSR count). The normalized spacial score (nSPS) is 17.7. The Labute approximate surface area is 141 Å². The first-order chi connectivity index (χ1) is 11.6. The molecule has 124 valence electrons. The second-order valence-electron chi connectivity index (χ2n) is 6.06. The summed E-state index contributed by atoms with van der Waals surface area (Å²) in [6, 6.07) is 13.4. The van der Waals surface area contributed by atoms with Crippen LogP contribution in [-0.2, 0) is 4.79 Å². The van der Waals surface area contributed by atoms with Gasteiger partial charge in [0.1, 0.15) is 5.69 Å². The molecule has 1 aromatic heterocycles. The molecule has 1 aromatic carbocycles. The number of carbonyl (C=O) groups excluding carboxylic acids is 2. The van der Waals surface area contributed by atoms with Gasteiger partial charge in [-0.05, 0) is 24.1 Å². The second kappa shape index (κ2) is 6.83. The van der Waals surface area contributed by atoms with Crippen LogP contribution in [0.4, 0.5) is 0 Å². The fourth-order valence-electron chi connectivity index (χ4n) is 3.12. The number of aryl methyl sites for hydroxylation is 1. The van der Waals surface area contributed by atoms with Gasteiger partial charge in [-0.25, -0.2) is 0 Å². The molecule has 1 atom stereocenters. The van der Waals surface area contributed by atoms with Crippen LogP contribution < -0.4 is 0 Å². The van der Waals surface area contributed by atoms with Gasteiger partial charge in [0.25, 0.3) is 5.91 Å². The Bertz CT molecular complexity index is 745. The van der Waals surface area contributed by atoms with Gasteiger partial charge in [0.15, 0.2) is 0 Å². The van der Waals surface area contributed by atoms with Crippen molar-refractivity contribution in [1.82, 2.24) is 14.8 Å². The smallest absolute Gasteiger partial charge is 0.273 e. The van der Waals surface area contributed by atoms with Crippen LogP contribution in [-0.4, -0.2) is 46.2 Å². The molecule has 2 amide bonds. The van der Waals surface area contributed by atoms with Crippen LogP contribution >= 0.6 is 0 Å². The Hall–Kier alpha value is -2.69. The highest BCUT2D eigenvalue weighted by atomic mass is 16.2. The first kappa shape index (κ1) is 16.2. The number of carbonyl (C=O) groups is 2. The van der Waals surface area contributed by atoms with Crippen molar-refractivity contribution >= 4 is 11.8 Å². The lowest BCUT2D eigenvalue weighted by molar-refractivity contribution is -0.131. The highest BCUT2D eigenvalue weighted by molar-refractivity contribution is 5.94. The minimum absolute atomic E-state index is 0.0389. The minimum Gasteiger partial charge on any atom is -0.339 e. The molecule has 5 nitrogen and oxygen atoms in total. The second-order valence-corrected chi connectivity index (χ2v) is 6.06. The summed E-state index contributed by atoms with van der Waals surface area (Å²) in [6.45, 7) is 5.03. The lowest BCUT2D eigenvalue weighted by Gasteiger charge is -2.41. The maximum absolute atomic E-state index is 13.0. The highest BCUT2D eigenvalue weighted by Crippen LogP contribution is 2.27. The van der Waals surface area contributed by atoms with Crippen molar-refractivity contribution in [3.8, 4) is 0 Å². The Balaban J connectivity index is 1.94. The number of piperazine rings is 1. The van der Waals surface area contributed by atoms with Gasteiger partial charge in [0, 0.05) is 32.8 Å². The fourth-order valence-corrected chi connectivity index (χ4v) is 3.12. The van der Waals surface area contributed by atoms with Crippen LogP contribution in [0.3, 0.4) is 0 Å². The summed E-state index contributed by atoms with van der Waals surface area (Å²) in [5, 5.41) is 0.